The van der Waals surface area contributed by atoms with Crippen LogP contribution in [0.5, 0.6) is 5.75 Å². The van der Waals surface area contributed by atoms with Crippen LogP contribution in [0.4, 0.5) is 4.79 Å². The van der Waals surface area contributed by atoms with E-state index < -0.39 is 10.0 Å². The summed E-state index contributed by atoms with van der Waals surface area (Å²) in [5, 5.41) is 16.0. The first-order chi connectivity index (χ1) is 17.3. The number of hydrogen-bond donors (Lipinski definition) is 3. The van der Waals surface area contributed by atoms with Crippen LogP contribution in [0.15, 0.2) is 16.7 Å². The van der Waals surface area contributed by atoms with Gasteiger partial charge in [0.2, 0.25) is 10.0 Å². The molecule has 10 heteroatoms. The maximum atomic E-state index is 12.1. The summed E-state index contributed by atoms with van der Waals surface area (Å²) in [6, 6.07) is 3.57. The van der Waals surface area contributed by atoms with E-state index in [4.69, 9.17) is 5.53 Å². The molecule has 0 aromatic heterocycles. The Balaban J connectivity index is 2.27. The van der Waals surface area contributed by atoms with Crippen LogP contribution in [0.25, 0.3) is 10.4 Å². The number of sulfonamides is 1. The molecule has 0 heterocycles. The number of aromatic hydroxyl groups is 1. The number of nitrogens with one attached hydrogen (secondary N) is 2. The highest BCUT2D eigenvalue weighted by Crippen LogP contribution is 2.26. The van der Waals surface area contributed by atoms with Gasteiger partial charge in [0.15, 0.2) is 0 Å². The van der Waals surface area contributed by atoms with Gasteiger partial charge < -0.3 is 15.7 Å². The number of unbranched alkanes of at least 4 members (excludes halogenated alkanes) is 11. The molecular formula is C26H45N5O4S. The van der Waals surface area contributed by atoms with Crippen LogP contribution < -0.4 is 10.6 Å². The summed E-state index contributed by atoms with van der Waals surface area (Å²) in [5.41, 5.74) is 10.9. The van der Waals surface area contributed by atoms with Crippen molar-refractivity contribution in [3.8, 4) is 5.75 Å². The van der Waals surface area contributed by atoms with Crippen molar-refractivity contribution in [2.45, 2.75) is 110 Å². The summed E-state index contributed by atoms with van der Waals surface area (Å²) in [5.74, 6) is 0.159. The van der Waals surface area contributed by atoms with Crippen LogP contribution in [0.3, 0.4) is 0 Å². The number of phenols is 1. The van der Waals surface area contributed by atoms with Crippen LogP contribution in [-0.4, -0.2) is 31.9 Å². The van der Waals surface area contributed by atoms with Crippen molar-refractivity contribution in [1.82, 2.24) is 10.6 Å². The highest BCUT2D eigenvalue weighted by molar-refractivity contribution is 7.89. The predicted molar refractivity (Wildman–Crippen MR) is 145 cm³/mol. The Labute approximate surface area is 217 Å². The largest absolute Gasteiger partial charge is 0.507 e. The topological polar surface area (TPSA) is 144 Å². The Hall–Kier alpha value is -2.45. The third-order valence-electron chi connectivity index (χ3n) is 6.22. The highest BCUT2D eigenvalue weighted by Gasteiger charge is 2.09. The lowest BCUT2D eigenvalue weighted by Crippen LogP contribution is -2.35. The van der Waals surface area contributed by atoms with Gasteiger partial charge in [0.25, 0.3) is 0 Å². The minimum Gasteiger partial charge on any atom is -0.507 e. The Morgan fingerprint density at radius 2 is 1.56 bits per heavy atom. The molecule has 0 aliphatic rings. The van der Waals surface area contributed by atoms with Gasteiger partial charge in [-0.1, -0.05) is 83.3 Å². The molecule has 204 valence electrons. The van der Waals surface area contributed by atoms with E-state index in [2.05, 4.69) is 27.0 Å². The Bertz CT molecular complexity index is 931. The first-order valence-corrected chi connectivity index (χ1v) is 15.0. The van der Waals surface area contributed by atoms with Crippen LogP contribution in [0.1, 0.15) is 107 Å². The number of azide groups is 1. The average molecular weight is 524 g/mol. The van der Waals surface area contributed by atoms with Crippen LogP contribution in [0.2, 0.25) is 0 Å². The molecule has 36 heavy (non-hydrogen) atoms. The molecule has 0 radical (unpaired) electrons. The number of phenolic OH excluding ortho intramolecular Hbond substituents is 1. The third-order valence-corrected chi connectivity index (χ3v) is 7.34. The lowest BCUT2D eigenvalue weighted by Gasteiger charge is -2.12. The molecule has 0 atom stereocenters. The summed E-state index contributed by atoms with van der Waals surface area (Å²) >= 11 is 0. The van der Waals surface area contributed by atoms with Crippen molar-refractivity contribution < 1.29 is 18.3 Å². The number of urea groups is 1. The minimum absolute atomic E-state index is 0.190. The smallest absolute Gasteiger partial charge is 0.315 e. The van der Waals surface area contributed by atoms with E-state index in [1.807, 2.05) is 19.1 Å². The van der Waals surface area contributed by atoms with Gasteiger partial charge >= 0.3 is 6.03 Å². The average Bonchev–Trinajstić information content (AvgIpc) is 2.83. The van der Waals surface area contributed by atoms with Gasteiger partial charge in [-0.2, -0.15) is 0 Å². The van der Waals surface area contributed by atoms with E-state index in [9.17, 15) is 18.3 Å². The first kappa shape index (κ1) is 31.6. The molecule has 3 N–H and O–H groups in total. The summed E-state index contributed by atoms with van der Waals surface area (Å²) in [6.45, 7) is 4.91. The molecule has 0 fully saturated rings. The fourth-order valence-corrected chi connectivity index (χ4v) is 4.92. The first-order valence-electron chi connectivity index (χ1n) is 13.4. The standard InChI is InChI=1S/C26H45N5O4S/c1-3-4-5-6-7-8-9-10-11-13-16-24-20-23(19-22(2)25(24)32)21-29-26(33)28-17-14-12-15-18-36(34,35)31-30-27/h19-20,32H,3-18,21H2,1-2H3,(H2,28,29,33). The van der Waals surface area contributed by atoms with Crippen molar-refractivity contribution in [2.75, 3.05) is 12.3 Å². The molecule has 1 rings (SSSR count). The number of benzene rings is 1. The third kappa shape index (κ3) is 14.8. The quantitative estimate of drug-likeness (QED) is 0.0749. The Kier molecular flexibility index (Phi) is 16.5. The van der Waals surface area contributed by atoms with Crippen LogP contribution >= 0.6 is 0 Å². The summed E-state index contributed by atoms with van der Waals surface area (Å²) in [6.07, 6.45) is 15.2. The molecule has 2 amide bonds. The van der Waals surface area contributed by atoms with E-state index in [-0.39, 0.29) is 11.8 Å². The molecule has 0 saturated carbocycles. The zero-order chi connectivity index (χ0) is 26.7. The van der Waals surface area contributed by atoms with Gasteiger partial charge in [-0.05, 0) is 54.8 Å². The molecule has 1 aromatic carbocycles. The Morgan fingerprint density at radius 3 is 2.19 bits per heavy atom. The van der Waals surface area contributed by atoms with Gasteiger partial charge in [-0.25, -0.2) is 13.2 Å². The maximum Gasteiger partial charge on any atom is 0.315 e. The van der Waals surface area contributed by atoms with Gasteiger partial charge in [0, 0.05) is 22.5 Å². The second-order valence-corrected chi connectivity index (χ2v) is 11.2. The fourth-order valence-electron chi connectivity index (χ4n) is 4.16. The predicted octanol–water partition coefficient (Wildman–Crippen LogP) is 6.77. The Morgan fingerprint density at radius 1 is 0.944 bits per heavy atom. The van der Waals surface area contributed by atoms with E-state index >= 15 is 0 Å². The summed E-state index contributed by atoms with van der Waals surface area (Å²) in [4.78, 5) is 14.4. The van der Waals surface area contributed by atoms with Crippen molar-refractivity contribution in [2.24, 2.45) is 4.52 Å². The fraction of sp³-hybridized carbons (Fsp3) is 0.731. The maximum absolute atomic E-state index is 12.1. The molecule has 0 unspecified atom stereocenters. The monoisotopic (exact) mass is 523 g/mol. The number of rotatable bonds is 20. The number of nitrogens with zero attached hydrogens (tertiary/aromatic N) is 3. The molecular weight excluding hydrogens is 478 g/mol. The number of amides is 2. The van der Waals surface area contributed by atoms with Crippen molar-refractivity contribution in [1.29, 1.82) is 0 Å². The second kappa shape index (κ2) is 18.8. The number of hydrogen-bond acceptors (Lipinski definition) is 4. The molecule has 0 aliphatic heterocycles. The van der Waals surface area contributed by atoms with E-state index in [1.165, 1.54) is 51.4 Å². The van der Waals surface area contributed by atoms with Crippen molar-refractivity contribution >= 4 is 16.1 Å². The number of carbonyl (C=O) groups is 1. The normalized spacial score (nSPS) is 11.2. The van der Waals surface area contributed by atoms with Gasteiger partial charge in [0.1, 0.15) is 5.75 Å². The van der Waals surface area contributed by atoms with Gasteiger partial charge in [-0.3, -0.25) is 0 Å². The number of carbonyl (C=O) groups excluding carboxylic acids is 1. The zero-order valence-corrected chi connectivity index (χ0v) is 22.9. The van der Waals surface area contributed by atoms with Crippen molar-refractivity contribution in [3.63, 3.8) is 0 Å². The summed E-state index contributed by atoms with van der Waals surface area (Å²) in [7, 11) is -3.71. The molecule has 0 bridgehead atoms. The van der Waals surface area contributed by atoms with Gasteiger partial charge in [-0.15, -0.1) is 0 Å². The molecule has 0 aliphatic carbocycles. The van der Waals surface area contributed by atoms with Crippen molar-refractivity contribution in [3.05, 3.63) is 39.3 Å². The zero-order valence-electron chi connectivity index (χ0n) is 22.1. The molecule has 0 saturated heterocycles. The summed E-state index contributed by atoms with van der Waals surface area (Å²) < 4.78 is 25.4. The SMILES string of the molecule is CCCCCCCCCCCCc1cc(CNC(=O)NCCCCCS(=O)(=O)N=[N+]=[N-])cc(C)c1O. The lowest BCUT2D eigenvalue weighted by molar-refractivity contribution is 0.240. The lowest BCUT2D eigenvalue weighted by atomic mass is 9.99. The van der Waals surface area contributed by atoms with Crippen LogP contribution in [0, 0.1) is 6.92 Å². The van der Waals surface area contributed by atoms with E-state index in [0.717, 1.165) is 36.0 Å². The molecule has 9 nitrogen and oxygen atoms in total. The van der Waals surface area contributed by atoms with E-state index in [0.29, 0.717) is 38.1 Å². The molecule has 0 spiro atoms. The second-order valence-electron chi connectivity index (χ2n) is 9.48. The molecule has 1 aromatic rings. The number of aryl methyl sites for hydroxylation is 2. The van der Waals surface area contributed by atoms with Gasteiger partial charge in [0.05, 0.1) is 5.75 Å². The minimum atomic E-state index is -3.71. The highest BCUT2D eigenvalue weighted by atomic mass is 32.2. The van der Waals surface area contributed by atoms with Crippen LogP contribution in [-0.2, 0) is 23.0 Å². The van der Waals surface area contributed by atoms with E-state index in [1.54, 1.807) is 0 Å².